The number of carbonyl (C=O) groups is 1. The highest BCUT2D eigenvalue weighted by Crippen LogP contribution is 2.29. The van der Waals surface area contributed by atoms with Crippen LogP contribution in [0.4, 0.5) is 5.69 Å². The summed E-state index contributed by atoms with van der Waals surface area (Å²) in [5.74, 6) is -0.233. The third kappa shape index (κ3) is 2.99. The molecule has 1 amide bonds. The number of carbonyl (C=O) groups excluding carboxylic acids is 1. The van der Waals surface area contributed by atoms with Crippen LogP contribution in [-0.2, 0) is 11.2 Å². The monoisotopic (exact) mass is 270 g/mol. The number of halogens is 2. The lowest BCUT2D eigenvalue weighted by Crippen LogP contribution is -2.14. The predicted molar refractivity (Wildman–Crippen MR) is 65.3 cm³/mol. The largest absolute Gasteiger partial charge is 0.364 e. The summed E-state index contributed by atoms with van der Waals surface area (Å²) in [7, 11) is 0. The molecule has 88 valence electrons. The van der Waals surface area contributed by atoms with Crippen molar-refractivity contribution >= 4 is 34.8 Å². The maximum absolute atomic E-state index is 11.6. The van der Waals surface area contributed by atoms with Crippen LogP contribution in [0.25, 0.3) is 0 Å². The molecule has 0 radical (unpaired) electrons. The van der Waals surface area contributed by atoms with Gasteiger partial charge in [-0.2, -0.15) is 0 Å². The second-order valence-corrected chi connectivity index (χ2v) is 4.10. The second-order valence-electron chi connectivity index (χ2n) is 3.32. The van der Waals surface area contributed by atoms with Gasteiger partial charge >= 0.3 is 0 Å². The Morgan fingerprint density at radius 2 is 2.18 bits per heavy atom. The van der Waals surface area contributed by atoms with Gasteiger partial charge in [0.2, 0.25) is 5.91 Å². The zero-order chi connectivity index (χ0) is 12.3. The van der Waals surface area contributed by atoms with Gasteiger partial charge in [0.15, 0.2) is 0 Å². The van der Waals surface area contributed by atoms with Crippen LogP contribution >= 0.6 is 23.2 Å². The van der Waals surface area contributed by atoms with Crippen molar-refractivity contribution in [2.24, 2.45) is 0 Å². The van der Waals surface area contributed by atoms with Crippen LogP contribution in [0.15, 0.2) is 35.1 Å². The smallest absolute Gasteiger partial charge is 0.230 e. The fraction of sp³-hybridized carbons (Fsp3) is 0.0909. The number of benzene rings is 1. The number of rotatable bonds is 3. The van der Waals surface area contributed by atoms with Crippen molar-refractivity contribution in [1.29, 1.82) is 0 Å². The maximum Gasteiger partial charge on any atom is 0.230 e. The molecule has 2 rings (SSSR count). The Morgan fingerprint density at radius 1 is 1.35 bits per heavy atom. The van der Waals surface area contributed by atoms with Crippen molar-refractivity contribution in [3.63, 3.8) is 0 Å². The molecule has 1 aromatic heterocycles. The van der Waals surface area contributed by atoms with E-state index in [0.717, 1.165) is 0 Å². The van der Waals surface area contributed by atoms with Crippen molar-refractivity contribution in [3.05, 3.63) is 46.3 Å². The van der Waals surface area contributed by atoms with E-state index >= 15 is 0 Å². The highest BCUT2D eigenvalue weighted by molar-refractivity contribution is 6.43. The van der Waals surface area contributed by atoms with Gasteiger partial charge in [-0.3, -0.25) is 4.79 Å². The van der Waals surface area contributed by atoms with Crippen LogP contribution in [0.5, 0.6) is 0 Å². The molecule has 0 saturated heterocycles. The van der Waals surface area contributed by atoms with Gasteiger partial charge in [0.25, 0.3) is 0 Å². The number of amides is 1. The van der Waals surface area contributed by atoms with Crippen LogP contribution < -0.4 is 5.32 Å². The number of hydrogen-bond acceptors (Lipinski definition) is 3. The Balaban J connectivity index is 2.06. The van der Waals surface area contributed by atoms with Crippen LogP contribution in [0.3, 0.4) is 0 Å². The first kappa shape index (κ1) is 12.0. The van der Waals surface area contributed by atoms with Gasteiger partial charge in [0.1, 0.15) is 6.26 Å². The van der Waals surface area contributed by atoms with Crippen molar-refractivity contribution < 1.29 is 9.32 Å². The van der Waals surface area contributed by atoms with Crippen molar-refractivity contribution in [2.45, 2.75) is 6.42 Å². The molecule has 0 atom stereocenters. The van der Waals surface area contributed by atoms with E-state index in [0.29, 0.717) is 21.4 Å². The van der Waals surface area contributed by atoms with Crippen LogP contribution in [0.2, 0.25) is 10.0 Å². The van der Waals surface area contributed by atoms with E-state index in [-0.39, 0.29) is 12.3 Å². The predicted octanol–water partition coefficient (Wildman–Crippen LogP) is 3.16. The van der Waals surface area contributed by atoms with E-state index < -0.39 is 0 Å². The van der Waals surface area contributed by atoms with E-state index in [1.54, 1.807) is 24.3 Å². The first-order valence-corrected chi connectivity index (χ1v) is 5.55. The zero-order valence-corrected chi connectivity index (χ0v) is 10.1. The molecule has 1 aromatic carbocycles. The molecule has 0 saturated carbocycles. The molecule has 1 N–H and O–H groups in total. The molecule has 4 nitrogen and oxygen atoms in total. The van der Waals surface area contributed by atoms with E-state index in [1.807, 2.05) is 0 Å². The molecule has 1 heterocycles. The van der Waals surface area contributed by atoms with Gasteiger partial charge < -0.3 is 9.84 Å². The number of nitrogens with one attached hydrogen (secondary N) is 1. The van der Waals surface area contributed by atoms with Crippen LogP contribution in [0.1, 0.15) is 5.69 Å². The third-order valence-corrected chi connectivity index (χ3v) is 2.88. The fourth-order valence-electron chi connectivity index (χ4n) is 1.29. The summed E-state index contributed by atoms with van der Waals surface area (Å²) in [6.07, 6.45) is 1.54. The average molecular weight is 271 g/mol. The van der Waals surface area contributed by atoms with E-state index in [2.05, 4.69) is 15.0 Å². The minimum atomic E-state index is -0.233. The summed E-state index contributed by atoms with van der Waals surface area (Å²) in [5.41, 5.74) is 1.04. The highest BCUT2D eigenvalue weighted by Gasteiger charge is 2.10. The molecular formula is C11H8Cl2N2O2. The highest BCUT2D eigenvalue weighted by atomic mass is 35.5. The topological polar surface area (TPSA) is 55.1 Å². The fourth-order valence-corrected chi connectivity index (χ4v) is 1.64. The Kier molecular flexibility index (Phi) is 3.66. The standard InChI is InChI=1S/C11H8Cl2N2O2/c12-8-2-1-3-9(11(8)13)14-10(16)6-7-4-5-17-15-7/h1-5H,6H2,(H,14,16). The van der Waals surface area contributed by atoms with Gasteiger partial charge in [0, 0.05) is 6.07 Å². The third-order valence-electron chi connectivity index (χ3n) is 2.06. The zero-order valence-electron chi connectivity index (χ0n) is 8.61. The number of aromatic nitrogens is 1. The molecule has 0 aliphatic carbocycles. The van der Waals surface area contributed by atoms with Crippen LogP contribution in [-0.4, -0.2) is 11.1 Å². The molecule has 0 spiro atoms. The Bertz CT molecular complexity index is 526. The molecule has 0 fully saturated rings. The number of anilines is 1. The average Bonchev–Trinajstić information content (AvgIpc) is 2.77. The van der Waals surface area contributed by atoms with Gasteiger partial charge in [-0.05, 0) is 12.1 Å². The first-order chi connectivity index (χ1) is 8.16. The van der Waals surface area contributed by atoms with Gasteiger partial charge in [-0.15, -0.1) is 0 Å². The normalized spacial score (nSPS) is 10.2. The van der Waals surface area contributed by atoms with Crippen molar-refractivity contribution in [2.75, 3.05) is 5.32 Å². The van der Waals surface area contributed by atoms with Gasteiger partial charge in [-0.25, -0.2) is 0 Å². The van der Waals surface area contributed by atoms with E-state index in [1.165, 1.54) is 6.26 Å². The SMILES string of the molecule is O=C(Cc1ccon1)Nc1cccc(Cl)c1Cl. The summed E-state index contributed by atoms with van der Waals surface area (Å²) in [6.45, 7) is 0. The van der Waals surface area contributed by atoms with Gasteiger partial charge in [0.05, 0.1) is 27.8 Å². The summed E-state index contributed by atoms with van der Waals surface area (Å²) in [5, 5.41) is 7.01. The summed E-state index contributed by atoms with van der Waals surface area (Å²) in [4.78, 5) is 11.6. The molecule has 6 heteroatoms. The quantitative estimate of drug-likeness (QED) is 0.932. The minimum absolute atomic E-state index is 0.124. The molecule has 17 heavy (non-hydrogen) atoms. The number of nitrogens with zero attached hydrogens (tertiary/aromatic N) is 1. The van der Waals surface area contributed by atoms with Gasteiger partial charge in [-0.1, -0.05) is 34.4 Å². The lowest BCUT2D eigenvalue weighted by molar-refractivity contribution is -0.115. The Labute approximate surface area is 108 Å². The van der Waals surface area contributed by atoms with E-state index in [4.69, 9.17) is 23.2 Å². The van der Waals surface area contributed by atoms with Crippen molar-refractivity contribution in [3.8, 4) is 0 Å². The van der Waals surface area contributed by atoms with Crippen molar-refractivity contribution in [1.82, 2.24) is 5.16 Å². The lowest BCUT2D eigenvalue weighted by Gasteiger charge is -2.06. The molecular weight excluding hydrogens is 263 g/mol. The Morgan fingerprint density at radius 3 is 2.88 bits per heavy atom. The molecule has 0 aliphatic rings. The van der Waals surface area contributed by atoms with E-state index in [9.17, 15) is 4.79 Å². The maximum atomic E-state index is 11.6. The summed E-state index contributed by atoms with van der Waals surface area (Å²) < 4.78 is 4.63. The van der Waals surface area contributed by atoms with Crippen LogP contribution in [0, 0.1) is 0 Å². The summed E-state index contributed by atoms with van der Waals surface area (Å²) in [6, 6.07) is 6.66. The molecule has 0 bridgehead atoms. The second kappa shape index (κ2) is 5.21. The first-order valence-electron chi connectivity index (χ1n) is 4.80. The Hall–Kier alpha value is -1.52. The molecule has 0 unspecified atom stereocenters. The number of hydrogen-bond donors (Lipinski definition) is 1. The molecule has 0 aliphatic heterocycles. The lowest BCUT2D eigenvalue weighted by atomic mass is 10.2. The molecule has 2 aromatic rings. The summed E-state index contributed by atoms with van der Waals surface area (Å²) >= 11 is 11.8. The minimum Gasteiger partial charge on any atom is -0.364 e.